The summed E-state index contributed by atoms with van der Waals surface area (Å²) < 4.78 is 1.67. The lowest BCUT2D eigenvalue weighted by atomic mass is 10.1. The van der Waals surface area contributed by atoms with Gasteiger partial charge in [-0.3, -0.25) is 14.6 Å². The van der Waals surface area contributed by atoms with Crippen molar-refractivity contribution in [1.82, 2.24) is 9.38 Å². The van der Waals surface area contributed by atoms with Crippen molar-refractivity contribution >= 4 is 28.1 Å². The Bertz CT molecular complexity index is 809. The van der Waals surface area contributed by atoms with E-state index in [4.69, 9.17) is 11.6 Å². The summed E-state index contributed by atoms with van der Waals surface area (Å²) in [5, 5.41) is -0.996. The zero-order valence-corrected chi connectivity index (χ0v) is 11.0. The highest BCUT2D eigenvalue weighted by atomic mass is 35.5. The van der Waals surface area contributed by atoms with Gasteiger partial charge in [0.2, 0.25) is 0 Å². The van der Waals surface area contributed by atoms with E-state index in [-0.39, 0.29) is 5.69 Å². The van der Waals surface area contributed by atoms with Crippen LogP contribution in [0.25, 0.3) is 16.6 Å². The largest absolute Gasteiger partial charge is 0.313 e. The fourth-order valence-corrected chi connectivity index (χ4v) is 2.29. The van der Waals surface area contributed by atoms with E-state index in [0.717, 1.165) is 11.1 Å². The number of nitrogens with zero attached hydrogens (tertiary/aromatic N) is 2. The van der Waals surface area contributed by atoms with Gasteiger partial charge in [-0.2, -0.15) is 0 Å². The SMILES string of the molecule is O=C(Cl)C(=O)c1c(-c2ccncc2)cc2ccccn12. The Labute approximate surface area is 119 Å². The second-order valence-electron chi connectivity index (χ2n) is 4.24. The monoisotopic (exact) mass is 284 g/mol. The van der Waals surface area contributed by atoms with Crippen molar-refractivity contribution < 1.29 is 9.59 Å². The number of Topliss-reactive ketones (excluding diaryl/α,β-unsaturated/α-hetero) is 1. The second kappa shape index (κ2) is 4.90. The van der Waals surface area contributed by atoms with Gasteiger partial charge in [0.25, 0.3) is 11.0 Å². The van der Waals surface area contributed by atoms with E-state index in [9.17, 15) is 9.59 Å². The molecule has 0 amide bonds. The summed E-state index contributed by atoms with van der Waals surface area (Å²) in [4.78, 5) is 27.3. The summed E-state index contributed by atoms with van der Waals surface area (Å²) in [5.41, 5.74) is 2.56. The molecule has 0 spiro atoms. The smallest absolute Gasteiger partial charge is 0.294 e. The van der Waals surface area contributed by atoms with Gasteiger partial charge in [-0.15, -0.1) is 0 Å². The first-order valence-corrected chi connectivity index (χ1v) is 6.31. The Balaban J connectivity index is 2.34. The van der Waals surface area contributed by atoms with Gasteiger partial charge in [-0.1, -0.05) is 6.07 Å². The van der Waals surface area contributed by atoms with Crippen molar-refractivity contribution in [3.05, 3.63) is 60.7 Å². The van der Waals surface area contributed by atoms with E-state index in [0.29, 0.717) is 5.56 Å². The van der Waals surface area contributed by atoms with Crippen molar-refractivity contribution in [3.8, 4) is 11.1 Å². The zero-order valence-electron chi connectivity index (χ0n) is 10.3. The number of halogens is 1. The fraction of sp³-hybridized carbons (Fsp3) is 0. The van der Waals surface area contributed by atoms with Crippen LogP contribution in [0, 0.1) is 0 Å². The number of hydrogen-bond acceptors (Lipinski definition) is 3. The van der Waals surface area contributed by atoms with Gasteiger partial charge in [0.1, 0.15) is 5.69 Å². The Morgan fingerprint density at radius 2 is 1.85 bits per heavy atom. The standard InChI is InChI=1S/C15H9ClN2O2/c16-15(20)14(19)13-12(10-4-6-17-7-5-10)9-11-3-1-2-8-18(11)13/h1-9H. The Morgan fingerprint density at radius 1 is 1.10 bits per heavy atom. The van der Waals surface area contributed by atoms with E-state index in [2.05, 4.69) is 4.98 Å². The van der Waals surface area contributed by atoms with Gasteiger partial charge in [0.15, 0.2) is 0 Å². The van der Waals surface area contributed by atoms with Gasteiger partial charge in [0.05, 0.1) is 0 Å². The molecule has 4 nitrogen and oxygen atoms in total. The summed E-state index contributed by atoms with van der Waals surface area (Å²) >= 11 is 5.37. The molecule has 3 heterocycles. The number of ketones is 1. The minimum Gasteiger partial charge on any atom is -0.313 e. The number of rotatable bonds is 3. The predicted molar refractivity (Wildman–Crippen MR) is 75.8 cm³/mol. The molecule has 3 aromatic heterocycles. The molecular weight excluding hydrogens is 276 g/mol. The fourth-order valence-electron chi connectivity index (χ4n) is 2.20. The normalized spacial score (nSPS) is 10.7. The molecule has 0 atom stereocenters. The van der Waals surface area contributed by atoms with Gasteiger partial charge in [-0.05, 0) is 47.5 Å². The third kappa shape index (κ3) is 2.00. The van der Waals surface area contributed by atoms with Gasteiger partial charge >= 0.3 is 0 Å². The van der Waals surface area contributed by atoms with E-state index >= 15 is 0 Å². The van der Waals surface area contributed by atoms with Crippen molar-refractivity contribution in [2.45, 2.75) is 0 Å². The summed E-state index contributed by atoms with van der Waals surface area (Å²) in [6, 6.07) is 10.9. The molecule has 0 saturated heterocycles. The van der Waals surface area contributed by atoms with Crippen LogP contribution in [-0.4, -0.2) is 20.4 Å². The molecule has 0 fully saturated rings. The molecule has 0 aliphatic carbocycles. The lowest BCUT2D eigenvalue weighted by Gasteiger charge is -2.03. The molecule has 98 valence electrons. The first kappa shape index (κ1) is 12.6. The van der Waals surface area contributed by atoms with Crippen LogP contribution in [0.1, 0.15) is 10.5 Å². The van der Waals surface area contributed by atoms with Crippen molar-refractivity contribution in [2.24, 2.45) is 0 Å². The first-order chi connectivity index (χ1) is 9.68. The topological polar surface area (TPSA) is 51.4 Å². The average Bonchev–Trinajstić information content (AvgIpc) is 2.86. The minimum atomic E-state index is -0.996. The summed E-state index contributed by atoms with van der Waals surface area (Å²) in [7, 11) is 0. The number of carbonyl (C=O) groups excluding carboxylic acids is 2. The Kier molecular flexibility index (Phi) is 3.08. The quantitative estimate of drug-likeness (QED) is 0.422. The summed E-state index contributed by atoms with van der Waals surface area (Å²) in [5.74, 6) is -0.718. The van der Waals surface area contributed by atoms with E-state index < -0.39 is 11.0 Å². The number of carbonyl (C=O) groups is 2. The minimum absolute atomic E-state index is 0.270. The molecule has 3 aromatic rings. The van der Waals surface area contributed by atoms with E-state index in [1.165, 1.54) is 0 Å². The molecule has 0 aliphatic rings. The second-order valence-corrected chi connectivity index (χ2v) is 4.58. The van der Waals surface area contributed by atoms with Crippen molar-refractivity contribution in [3.63, 3.8) is 0 Å². The summed E-state index contributed by atoms with van der Waals surface area (Å²) in [6.07, 6.45) is 5.00. The highest BCUT2D eigenvalue weighted by molar-refractivity contribution is 6.83. The molecule has 0 bridgehead atoms. The Morgan fingerprint density at radius 3 is 2.55 bits per heavy atom. The van der Waals surface area contributed by atoms with Gasteiger partial charge in [0, 0.05) is 29.7 Å². The molecule has 0 saturated carbocycles. The maximum atomic E-state index is 12.1. The zero-order chi connectivity index (χ0) is 14.1. The highest BCUT2D eigenvalue weighted by Gasteiger charge is 2.22. The number of pyridine rings is 2. The molecule has 0 aromatic carbocycles. The van der Waals surface area contributed by atoms with Crippen LogP contribution in [-0.2, 0) is 4.79 Å². The van der Waals surface area contributed by atoms with Crippen LogP contribution in [0.4, 0.5) is 0 Å². The van der Waals surface area contributed by atoms with Gasteiger partial charge < -0.3 is 4.40 Å². The first-order valence-electron chi connectivity index (χ1n) is 5.93. The van der Waals surface area contributed by atoms with Crippen LogP contribution in [0.3, 0.4) is 0 Å². The molecule has 3 rings (SSSR count). The molecule has 0 unspecified atom stereocenters. The molecule has 0 radical (unpaired) electrons. The lowest BCUT2D eigenvalue weighted by Crippen LogP contribution is -2.11. The van der Waals surface area contributed by atoms with Crippen LogP contribution in [0.15, 0.2) is 55.0 Å². The molecule has 0 aliphatic heterocycles. The predicted octanol–water partition coefficient (Wildman–Crippen LogP) is 2.95. The number of hydrogen-bond donors (Lipinski definition) is 0. The van der Waals surface area contributed by atoms with Crippen LogP contribution in [0.2, 0.25) is 0 Å². The van der Waals surface area contributed by atoms with E-state index in [1.807, 2.05) is 18.2 Å². The third-order valence-electron chi connectivity index (χ3n) is 3.06. The number of fused-ring (bicyclic) bond motifs is 1. The average molecular weight is 285 g/mol. The molecular formula is C15H9ClN2O2. The maximum Gasteiger partial charge on any atom is 0.294 e. The Hall–Kier alpha value is -2.46. The number of aromatic nitrogens is 2. The van der Waals surface area contributed by atoms with Gasteiger partial charge in [-0.25, -0.2) is 0 Å². The van der Waals surface area contributed by atoms with Crippen LogP contribution in [0.5, 0.6) is 0 Å². The van der Waals surface area contributed by atoms with Crippen molar-refractivity contribution in [2.75, 3.05) is 0 Å². The van der Waals surface area contributed by atoms with E-state index in [1.54, 1.807) is 41.2 Å². The maximum absolute atomic E-state index is 12.1. The van der Waals surface area contributed by atoms with Crippen LogP contribution < -0.4 is 0 Å². The lowest BCUT2D eigenvalue weighted by molar-refractivity contribution is -0.108. The highest BCUT2D eigenvalue weighted by Crippen LogP contribution is 2.28. The molecule has 0 N–H and O–H groups in total. The molecule has 20 heavy (non-hydrogen) atoms. The summed E-state index contributed by atoms with van der Waals surface area (Å²) in [6.45, 7) is 0. The van der Waals surface area contributed by atoms with Crippen molar-refractivity contribution in [1.29, 1.82) is 0 Å². The molecule has 5 heteroatoms. The van der Waals surface area contributed by atoms with Crippen LogP contribution >= 0.6 is 11.6 Å². The third-order valence-corrected chi connectivity index (χ3v) is 3.24.